The van der Waals surface area contributed by atoms with E-state index in [0.717, 1.165) is 46.2 Å². The Morgan fingerprint density at radius 3 is 2.82 bits per heavy atom. The van der Waals surface area contributed by atoms with E-state index in [2.05, 4.69) is 0 Å². The standard InChI is InChI=1S/C23H19FN2OS/c1-14-5-2-7-16(11-14)21-25-22-20(18-9-4-10-19(18)28-22)23(27)26(21)13-15-6-3-8-17(24)12-15/h2-3,5-8,11-12H,4,9-10,13H2,1H3. The van der Waals surface area contributed by atoms with Crippen LogP contribution in [0.2, 0.25) is 0 Å². The third-order valence-electron chi connectivity index (χ3n) is 5.33. The zero-order chi connectivity index (χ0) is 19.3. The summed E-state index contributed by atoms with van der Waals surface area (Å²) in [6, 6.07) is 14.4. The van der Waals surface area contributed by atoms with Crippen LogP contribution in [0.15, 0.2) is 53.3 Å². The Hall–Kier alpha value is -2.79. The Morgan fingerprint density at radius 2 is 2.00 bits per heavy atom. The minimum absolute atomic E-state index is 0.0230. The molecule has 0 amide bonds. The van der Waals surface area contributed by atoms with Crippen LogP contribution in [-0.4, -0.2) is 9.55 Å². The Labute approximate surface area is 166 Å². The van der Waals surface area contributed by atoms with E-state index in [1.165, 1.54) is 22.6 Å². The zero-order valence-corrected chi connectivity index (χ0v) is 16.4. The van der Waals surface area contributed by atoms with Gasteiger partial charge in [0.25, 0.3) is 5.56 Å². The van der Waals surface area contributed by atoms with Crippen molar-refractivity contribution in [2.75, 3.05) is 0 Å². The van der Waals surface area contributed by atoms with E-state index >= 15 is 0 Å². The number of hydrogen-bond acceptors (Lipinski definition) is 3. The Kier molecular flexibility index (Phi) is 4.13. The molecule has 0 bridgehead atoms. The van der Waals surface area contributed by atoms with Gasteiger partial charge in [0.2, 0.25) is 0 Å². The SMILES string of the molecule is Cc1cccc(-c2nc3sc4c(c3c(=O)n2Cc2cccc(F)c2)CCC4)c1. The predicted octanol–water partition coefficient (Wildman–Crippen LogP) is 5.11. The van der Waals surface area contributed by atoms with E-state index in [1.54, 1.807) is 22.0 Å². The molecule has 0 N–H and O–H groups in total. The Balaban J connectivity index is 1.78. The number of nitrogens with zero attached hydrogens (tertiary/aromatic N) is 2. The highest BCUT2D eigenvalue weighted by atomic mass is 32.1. The van der Waals surface area contributed by atoms with Crippen LogP contribution < -0.4 is 5.56 Å². The monoisotopic (exact) mass is 390 g/mol. The molecule has 0 unspecified atom stereocenters. The quantitative estimate of drug-likeness (QED) is 0.487. The molecule has 5 rings (SSSR count). The van der Waals surface area contributed by atoms with Crippen molar-refractivity contribution in [1.82, 2.24) is 9.55 Å². The van der Waals surface area contributed by atoms with Crippen molar-refractivity contribution in [2.45, 2.75) is 32.7 Å². The number of rotatable bonds is 3. The molecular weight excluding hydrogens is 371 g/mol. The first-order valence-corrected chi connectivity index (χ1v) is 10.3. The average Bonchev–Trinajstić information content (AvgIpc) is 3.24. The number of benzene rings is 2. The minimum Gasteiger partial charge on any atom is -0.288 e. The highest BCUT2D eigenvalue weighted by Gasteiger charge is 2.23. The molecule has 0 fully saturated rings. The average molecular weight is 390 g/mol. The fraction of sp³-hybridized carbons (Fsp3) is 0.217. The van der Waals surface area contributed by atoms with Gasteiger partial charge in [0, 0.05) is 10.4 Å². The van der Waals surface area contributed by atoms with Gasteiger partial charge in [-0.15, -0.1) is 11.3 Å². The van der Waals surface area contributed by atoms with E-state index in [1.807, 2.05) is 37.3 Å². The van der Waals surface area contributed by atoms with Crippen LogP contribution in [0.5, 0.6) is 0 Å². The van der Waals surface area contributed by atoms with Gasteiger partial charge in [-0.3, -0.25) is 9.36 Å². The summed E-state index contributed by atoms with van der Waals surface area (Å²) < 4.78 is 15.4. The summed E-state index contributed by atoms with van der Waals surface area (Å²) in [7, 11) is 0. The molecule has 0 radical (unpaired) electrons. The lowest BCUT2D eigenvalue weighted by atomic mass is 10.1. The first-order valence-electron chi connectivity index (χ1n) is 9.47. The van der Waals surface area contributed by atoms with Crippen LogP contribution >= 0.6 is 11.3 Å². The van der Waals surface area contributed by atoms with Gasteiger partial charge in [-0.2, -0.15) is 0 Å². The van der Waals surface area contributed by atoms with Gasteiger partial charge in [-0.05, 0) is 55.5 Å². The van der Waals surface area contributed by atoms with Crippen LogP contribution in [-0.2, 0) is 19.4 Å². The fourth-order valence-electron chi connectivity index (χ4n) is 4.05. The maximum Gasteiger partial charge on any atom is 0.263 e. The van der Waals surface area contributed by atoms with Crippen LogP contribution in [0, 0.1) is 12.7 Å². The van der Waals surface area contributed by atoms with E-state index in [0.29, 0.717) is 12.4 Å². The van der Waals surface area contributed by atoms with Gasteiger partial charge < -0.3 is 0 Å². The number of aryl methyl sites for hydroxylation is 3. The topological polar surface area (TPSA) is 34.9 Å². The fourth-order valence-corrected chi connectivity index (χ4v) is 5.30. The van der Waals surface area contributed by atoms with Crippen molar-refractivity contribution in [2.24, 2.45) is 0 Å². The molecule has 0 spiro atoms. The van der Waals surface area contributed by atoms with Crippen molar-refractivity contribution in [3.63, 3.8) is 0 Å². The molecule has 3 nitrogen and oxygen atoms in total. The summed E-state index contributed by atoms with van der Waals surface area (Å²) in [4.78, 5) is 20.6. The van der Waals surface area contributed by atoms with Crippen molar-refractivity contribution in [3.8, 4) is 11.4 Å². The Morgan fingerprint density at radius 1 is 1.14 bits per heavy atom. The molecule has 1 aliphatic rings. The molecule has 2 aromatic heterocycles. The first kappa shape index (κ1) is 17.3. The van der Waals surface area contributed by atoms with Crippen molar-refractivity contribution in [3.05, 3.63) is 86.3 Å². The van der Waals surface area contributed by atoms with Gasteiger partial charge in [0.15, 0.2) is 0 Å². The number of halogens is 1. The number of aromatic nitrogens is 2. The third kappa shape index (κ3) is 2.87. The second-order valence-corrected chi connectivity index (χ2v) is 8.45. The number of fused-ring (bicyclic) bond motifs is 3. The van der Waals surface area contributed by atoms with E-state index in [-0.39, 0.29) is 11.4 Å². The van der Waals surface area contributed by atoms with Gasteiger partial charge in [0.1, 0.15) is 16.5 Å². The van der Waals surface area contributed by atoms with Crippen molar-refractivity contribution in [1.29, 1.82) is 0 Å². The molecular formula is C23H19FN2OS. The van der Waals surface area contributed by atoms with E-state index in [4.69, 9.17) is 4.98 Å². The molecule has 2 aromatic carbocycles. The lowest BCUT2D eigenvalue weighted by Crippen LogP contribution is -2.24. The van der Waals surface area contributed by atoms with E-state index in [9.17, 15) is 9.18 Å². The van der Waals surface area contributed by atoms with Gasteiger partial charge in [0.05, 0.1) is 11.9 Å². The highest BCUT2D eigenvalue weighted by molar-refractivity contribution is 7.18. The molecule has 0 saturated carbocycles. The van der Waals surface area contributed by atoms with Gasteiger partial charge >= 0.3 is 0 Å². The smallest absolute Gasteiger partial charge is 0.263 e. The van der Waals surface area contributed by atoms with Gasteiger partial charge in [-0.1, -0.05) is 35.9 Å². The number of thiophene rings is 1. The highest BCUT2D eigenvalue weighted by Crippen LogP contribution is 2.35. The summed E-state index contributed by atoms with van der Waals surface area (Å²) in [5.41, 5.74) is 3.91. The Bertz CT molecular complexity index is 1270. The number of hydrogen-bond donors (Lipinski definition) is 0. The molecule has 0 aliphatic heterocycles. The van der Waals surface area contributed by atoms with Crippen molar-refractivity contribution < 1.29 is 4.39 Å². The molecule has 1 aliphatic carbocycles. The molecule has 0 saturated heterocycles. The molecule has 28 heavy (non-hydrogen) atoms. The summed E-state index contributed by atoms with van der Waals surface area (Å²) in [5, 5.41) is 0.755. The molecule has 0 atom stereocenters. The second kappa shape index (κ2) is 6.67. The molecule has 4 aromatic rings. The maximum atomic E-state index is 13.7. The second-order valence-electron chi connectivity index (χ2n) is 7.36. The normalized spacial score (nSPS) is 13.2. The zero-order valence-electron chi connectivity index (χ0n) is 15.5. The predicted molar refractivity (Wildman–Crippen MR) is 112 cm³/mol. The van der Waals surface area contributed by atoms with Crippen molar-refractivity contribution >= 4 is 21.6 Å². The lowest BCUT2D eigenvalue weighted by Gasteiger charge is -2.14. The van der Waals surface area contributed by atoms with Crippen LogP contribution in [0.1, 0.15) is 28.0 Å². The molecule has 5 heteroatoms. The molecule has 140 valence electrons. The lowest BCUT2D eigenvalue weighted by molar-refractivity contribution is 0.623. The summed E-state index contributed by atoms with van der Waals surface area (Å²) in [5.74, 6) is 0.346. The van der Waals surface area contributed by atoms with Crippen LogP contribution in [0.4, 0.5) is 4.39 Å². The van der Waals surface area contributed by atoms with Crippen LogP contribution in [0.3, 0.4) is 0 Å². The minimum atomic E-state index is -0.298. The first-order chi connectivity index (χ1) is 13.6. The van der Waals surface area contributed by atoms with E-state index < -0.39 is 0 Å². The largest absolute Gasteiger partial charge is 0.288 e. The van der Waals surface area contributed by atoms with Crippen LogP contribution in [0.25, 0.3) is 21.6 Å². The maximum absolute atomic E-state index is 13.7. The van der Waals surface area contributed by atoms with Gasteiger partial charge in [-0.25, -0.2) is 9.37 Å². The summed E-state index contributed by atoms with van der Waals surface area (Å²) in [6.07, 6.45) is 3.07. The summed E-state index contributed by atoms with van der Waals surface area (Å²) >= 11 is 1.65. The molecule has 2 heterocycles. The summed E-state index contributed by atoms with van der Waals surface area (Å²) in [6.45, 7) is 2.32. The third-order valence-corrected chi connectivity index (χ3v) is 6.52.